The molecule has 0 bridgehead atoms. The van der Waals surface area contributed by atoms with Gasteiger partial charge in [-0.25, -0.2) is 0 Å². The summed E-state index contributed by atoms with van der Waals surface area (Å²) in [6, 6.07) is 13.1. The minimum Gasteiger partial charge on any atom is -0.324 e. The fourth-order valence-corrected chi connectivity index (χ4v) is 2.42. The molecule has 0 spiro atoms. The van der Waals surface area contributed by atoms with Gasteiger partial charge >= 0.3 is 0 Å². The molecular formula is C17H13N5O. The number of carbonyl (C=O) groups is 1. The SMILES string of the molecule is O=C(Nc1ccc2cn[nH]c2c1)c1cc(-n2cccc2)ccn1. The Hall–Kier alpha value is -3.41. The number of pyridine rings is 1. The number of nitrogens with one attached hydrogen (secondary N) is 2. The highest BCUT2D eigenvalue weighted by Gasteiger charge is 2.09. The summed E-state index contributed by atoms with van der Waals surface area (Å²) in [5, 5.41) is 10.7. The van der Waals surface area contributed by atoms with Crippen LogP contribution in [-0.4, -0.2) is 25.7 Å². The van der Waals surface area contributed by atoms with Gasteiger partial charge in [0.25, 0.3) is 5.91 Å². The van der Waals surface area contributed by atoms with Gasteiger partial charge in [-0.05, 0) is 42.5 Å². The normalized spacial score (nSPS) is 10.8. The van der Waals surface area contributed by atoms with Crippen LogP contribution in [0.4, 0.5) is 5.69 Å². The van der Waals surface area contributed by atoms with E-state index in [1.54, 1.807) is 18.5 Å². The molecule has 1 aromatic carbocycles. The number of H-pyrrole nitrogens is 1. The van der Waals surface area contributed by atoms with Crippen molar-refractivity contribution < 1.29 is 4.79 Å². The number of fused-ring (bicyclic) bond motifs is 1. The molecule has 0 saturated heterocycles. The molecule has 0 atom stereocenters. The van der Waals surface area contributed by atoms with Crippen LogP contribution in [0.3, 0.4) is 0 Å². The highest BCUT2D eigenvalue weighted by atomic mass is 16.1. The highest BCUT2D eigenvalue weighted by Crippen LogP contribution is 2.17. The van der Waals surface area contributed by atoms with Crippen molar-refractivity contribution in [1.29, 1.82) is 0 Å². The van der Waals surface area contributed by atoms with Gasteiger partial charge in [0.1, 0.15) is 5.69 Å². The van der Waals surface area contributed by atoms with Crippen molar-refractivity contribution in [2.75, 3.05) is 5.32 Å². The van der Waals surface area contributed by atoms with E-state index in [2.05, 4.69) is 20.5 Å². The molecule has 112 valence electrons. The number of hydrogen-bond donors (Lipinski definition) is 2. The first-order chi connectivity index (χ1) is 11.3. The van der Waals surface area contributed by atoms with Gasteiger partial charge in [0.2, 0.25) is 0 Å². The molecule has 1 amide bonds. The maximum absolute atomic E-state index is 12.4. The standard InChI is InChI=1S/C17H13N5O/c23-17(20-13-4-3-12-11-19-21-15(12)9-13)16-10-14(5-6-18-16)22-7-1-2-8-22/h1-11H,(H,19,21)(H,20,23). The van der Waals surface area contributed by atoms with E-state index in [0.717, 1.165) is 16.6 Å². The molecule has 6 nitrogen and oxygen atoms in total. The molecule has 3 heterocycles. The maximum atomic E-state index is 12.4. The minimum absolute atomic E-state index is 0.252. The van der Waals surface area contributed by atoms with E-state index in [0.29, 0.717) is 11.4 Å². The summed E-state index contributed by atoms with van der Waals surface area (Å²) in [4.78, 5) is 16.6. The summed E-state index contributed by atoms with van der Waals surface area (Å²) in [5.74, 6) is -0.252. The Morgan fingerprint density at radius 1 is 1.13 bits per heavy atom. The largest absolute Gasteiger partial charge is 0.324 e. The topological polar surface area (TPSA) is 75.6 Å². The van der Waals surface area contributed by atoms with Crippen LogP contribution in [-0.2, 0) is 0 Å². The molecule has 0 aliphatic carbocycles. The number of amides is 1. The average molecular weight is 303 g/mol. The van der Waals surface area contributed by atoms with Gasteiger partial charge in [0, 0.05) is 35.4 Å². The second-order valence-electron chi connectivity index (χ2n) is 5.12. The number of rotatable bonds is 3. The van der Waals surface area contributed by atoms with Gasteiger partial charge in [0.05, 0.1) is 11.7 Å². The summed E-state index contributed by atoms with van der Waals surface area (Å²) in [5.41, 5.74) is 2.82. The quantitative estimate of drug-likeness (QED) is 0.611. The fourth-order valence-electron chi connectivity index (χ4n) is 2.42. The van der Waals surface area contributed by atoms with Crippen LogP contribution in [0.2, 0.25) is 0 Å². The van der Waals surface area contributed by atoms with Crippen molar-refractivity contribution in [3.05, 3.63) is 72.9 Å². The van der Waals surface area contributed by atoms with Gasteiger partial charge in [0.15, 0.2) is 0 Å². The molecule has 4 rings (SSSR count). The predicted molar refractivity (Wildman–Crippen MR) is 87.6 cm³/mol. The lowest BCUT2D eigenvalue weighted by molar-refractivity contribution is 0.102. The number of aromatic nitrogens is 4. The van der Waals surface area contributed by atoms with E-state index in [9.17, 15) is 4.79 Å². The monoisotopic (exact) mass is 303 g/mol. The molecule has 23 heavy (non-hydrogen) atoms. The van der Waals surface area contributed by atoms with Gasteiger partial charge < -0.3 is 9.88 Å². The summed E-state index contributed by atoms with van der Waals surface area (Å²) in [7, 11) is 0. The summed E-state index contributed by atoms with van der Waals surface area (Å²) >= 11 is 0. The first kappa shape index (κ1) is 13.3. The summed E-state index contributed by atoms with van der Waals surface area (Å²) in [6.07, 6.45) is 7.21. The van der Waals surface area contributed by atoms with Gasteiger partial charge in [-0.15, -0.1) is 0 Å². The van der Waals surface area contributed by atoms with Crippen molar-refractivity contribution in [2.24, 2.45) is 0 Å². The smallest absolute Gasteiger partial charge is 0.274 e. The van der Waals surface area contributed by atoms with Crippen LogP contribution in [0.5, 0.6) is 0 Å². The number of aromatic amines is 1. The first-order valence-corrected chi connectivity index (χ1v) is 7.13. The van der Waals surface area contributed by atoms with Crippen LogP contribution in [0.25, 0.3) is 16.6 Å². The third-order valence-corrected chi connectivity index (χ3v) is 3.58. The third-order valence-electron chi connectivity index (χ3n) is 3.58. The van der Waals surface area contributed by atoms with Crippen LogP contribution >= 0.6 is 0 Å². The lowest BCUT2D eigenvalue weighted by Gasteiger charge is -2.07. The van der Waals surface area contributed by atoms with E-state index in [-0.39, 0.29) is 5.91 Å². The Kier molecular flexibility index (Phi) is 3.12. The molecule has 0 saturated carbocycles. The van der Waals surface area contributed by atoms with E-state index >= 15 is 0 Å². The second kappa shape index (κ2) is 5.42. The molecular weight excluding hydrogens is 290 g/mol. The lowest BCUT2D eigenvalue weighted by atomic mass is 10.2. The van der Waals surface area contributed by atoms with Gasteiger partial charge in [-0.3, -0.25) is 14.9 Å². The summed E-state index contributed by atoms with van der Waals surface area (Å²) in [6.45, 7) is 0. The van der Waals surface area contributed by atoms with E-state index in [1.807, 2.05) is 53.4 Å². The number of nitrogens with zero attached hydrogens (tertiary/aromatic N) is 3. The second-order valence-corrected chi connectivity index (χ2v) is 5.12. The summed E-state index contributed by atoms with van der Waals surface area (Å²) < 4.78 is 1.93. The third kappa shape index (κ3) is 2.57. The van der Waals surface area contributed by atoms with Gasteiger partial charge in [-0.2, -0.15) is 5.10 Å². The van der Waals surface area contributed by atoms with Crippen molar-refractivity contribution in [1.82, 2.24) is 19.7 Å². The fraction of sp³-hybridized carbons (Fsp3) is 0. The zero-order valence-electron chi connectivity index (χ0n) is 12.1. The van der Waals surface area contributed by atoms with Crippen LogP contribution in [0, 0.1) is 0 Å². The highest BCUT2D eigenvalue weighted by molar-refractivity contribution is 6.04. The molecule has 6 heteroatoms. The lowest BCUT2D eigenvalue weighted by Crippen LogP contribution is -2.14. The maximum Gasteiger partial charge on any atom is 0.274 e. The zero-order chi connectivity index (χ0) is 15.6. The van der Waals surface area contributed by atoms with Crippen molar-refractivity contribution >= 4 is 22.5 Å². The molecule has 0 fully saturated rings. The Morgan fingerprint density at radius 3 is 2.87 bits per heavy atom. The Balaban J connectivity index is 1.60. The Labute approximate surface area is 131 Å². The average Bonchev–Trinajstić information content (AvgIpc) is 3.26. The minimum atomic E-state index is -0.252. The Morgan fingerprint density at radius 2 is 2.00 bits per heavy atom. The van der Waals surface area contributed by atoms with Crippen molar-refractivity contribution in [2.45, 2.75) is 0 Å². The van der Waals surface area contributed by atoms with Crippen molar-refractivity contribution in [3.8, 4) is 5.69 Å². The Bertz CT molecular complexity index is 972. The predicted octanol–water partition coefficient (Wildman–Crippen LogP) is 3.00. The number of carbonyl (C=O) groups excluding carboxylic acids is 1. The number of benzene rings is 1. The molecule has 2 N–H and O–H groups in total. The number of anilines is 1. The van der Waals surface area contributed by atoms with E-state index < -0.39 is 0 Å². The van der Waals surface area contributed by atoms with E-state index in [1.165, 1.54) is 0 Å². The molecule has 0 radical (unpaired) electrons. The molecule has 0 unspecified atom stereocenters. The van der Waals surface area contributed by atoms with Crippen molar-refractivity contribution in [3.63, 3.8) is 0 Å². The first-order valence-electron chi connectivity index (χ1n) is 7.13. The van der Waals surface area contributed by atoms with Crippen LogP contribution in [0.1, 0.15) is 10.5 Å². The number of hydrogen-bond acceptors (Lipinski definition) is 3. The molecule has 4 aromatic rings. The zero-order valence-corrected chi connectivity index (χ0v) is 12.1. The molecule has 3 aromatic heterocycles. The van der Waals surface area contributed by atoms with Gasteiger partial charge in [-0.1, -0.05) is 0 Å². The molecule has 0 aliphatic heterocycles. The van der Waals surface area contributed by atoms with E-state index in [4.69, 9.17) is 0 Å². The molecule has 0 aliphatic rings. The van der Waals surface area contributed by atoms with Crippen LogP contribution < -0.4 is 5.32 Å². The van der Waals surface area contributed by atoms with Crippen LogP contribution in [0.15, 0.2) is 67.3 Å².